The Kier molecular flexibility index (Phi) is 6.09. The molecule has 0 N–H and O–H groups in total. The van der Waals surface area contributed by atoms with Crippen molar-refractivity contribution in [1.29, 1.82) is 0 Å². The minimum absolute atomic E-state index is 0.274. The summed E-state index contributed by atoms with van der Waals surface area (Å²) in [6.45, 7) is 8.29. The van der Waals surface area contributed by atoms with Gasteiger partial charge in [0.15, 0.2) is 0 Å². The molecule has 0 amide bonds. The van der Waals surface area contributed by atoms with E-state index >= 15 is 0 Å². The van der Waals surface area contributed by atoms with Crippen LogP contribution in [-0.2, 0) is 22.0 Å². The van der Waals surface area contributed by atoms with E-state index in [0.717, 1.165) is 11.3 Å². The van der Waals surface area contributed by atoms with E-state index in [0.29, 0.717) is 38.4 Å². The Morgan fingerprint density at radius 1 is 0.938 bits per heavy atom. The first-order chi connectivity index (χ1) is 15.1. The van der Waals surface area contributed by atoms with Crippen LogP contribution in [0.4, 0.5) is 10.1 Å². The fraction of sp³-hybridized carbons (Fsp3) is 0.375. The Morgan fingerprint density at radius 2 is 1.56 bits per heavy atom. The van der Waals surface area contributed by atoms with Gasteiger partial charge in [-0.25, -0.2) is 12.8 Å². The second-order valence-electron chi connectivity index (χ2n) is 9.14. The molecule has 32 heavy (non-hydrogen) atoms. The highest BCUT2D eigenvalue weighted by Crippen LogP contribution is 2.31. The second kappa shape index (κ2) is 8.67. The van der Waals surface area contributed by atoms with E-state index in [2.05, 4.69) is 10.00 Å². The summed E-state index contributed by atoms with van der Waals surface area (Å²) < 4.78 is 43.7. The summed E-state index contributed by atoms with van der Waals surface area (Å²) in [5.41, 5.74) is 2.12. The Hall–Kier alpha value is -2.71. The summed E-state index contributed by atoms with van der Waals surface area (Å²) >= 11 is 0. The van der Waals surface area contributed by atoms with Crippen LogP contribution in [0.2, 0.25) is 0 Å². The minimum Gasteiger partial charge on any atom is -0.369 e. The van der Waals surface area contributed by atoms with E-state index < -0.39 is 15.4 Å². The van der Waals surface area contributed by atoms with Gasteiger partial charge < -0.3 is 4.90 Å². The van der Waals surface area contributed by atoms with Crippen molar-refractivity contribution in [1.82, 2.24) is 14.1 Å². The molecule has 1 saturated heterocycles. The van der Waals surface area contributed by atoms with E-state index in [1.165, 1.54) is 16.4 Å². The van der Waals surface area contributed by atoms with Crippen molar-refractivity contribution in [3.63, 3.8) is 0 Å². The first-order valence-electron chi connectivity index (χ1n) is 10.8. The average molecular weight is 457 g/mol. The Morgan fingerprint density at radius 3 is 2.16 bits per heavy atom. The molecule has 0 atom stereocenters. The largest absolute Gasteiger partial charge is 0.369 e. The smallest absolute Gasteiger partial charge is 0.246 e. The maximum Gasteiger partial charge on any atom is 0.246 e. The van der Waals surface area contributed by atoms with Crippen LogP contribution in [0.25, 0.3) is 0 Å². The number of rotatable bonds is 5. The zero-order valence-electron chi connectivity index (χ0n) is 18.7. The van der Waals surface area contributed by atoms with Crippen LogP contribution in [0, 0.1) is 5.82 Å². The van der Waals surface area contributed by atoms with Crippen LogP contribution in [0.5, 0.6) is 0 Å². The molecular formula is C24H29FN4O2S. The van der Waals surface area contributed by atoms with E-state index in [9.17, 15) is 12.8 Å². The summed E-state index contributed by atoms with van der Waals surface area (Å²) in [5.74, 6) is -0.280. The van der Waals surface area contributed by atoms with Crippen molar-refractivity contribution < 1.29 is 12.8 Å². The summed E-state index contributed by atoms with van der Waals surface area (Å²) in [6.07, 6.45) is 1.66. The molecule has 1 aromatic heterocycles. The number of piperazine rings is 1. The van der Waals surface area contributed by atoms with Gasteiger partial charge in [0.05, 0.1) is 12.2 Å². The van der Waals surface area contributed by atoms with Crippen molar-refractivity contribution >= 4 is 15.7 Å². The maximum absolute atomic E-state index is 13.6. The fourth-order valence-corrected chi connectivity index (χ4v) is 5.71. The van der Waals surface area contributed by atoms with Crippen molar-refractivity contribution in [2.24, 2.45) is 0 Å². The van der Waals surface area contributed by atoms with E-state index in [4.69, 9.17) is 0 Å². The summed E-state index contributed by atoms with van der Waals surface area (Å²) in [7, 11) is -3.70. The molecule has 1 aliphatic heterocycles. The quantitative estimate of drug-likeness (QED) is 0.585. The van der Waals surface area contributed by atoms with Crippen molar-refractivity contribution in [2.75, 3.05) is 31.1 Å². The standard InChI is InChI=1S/C24H29FN4O2S/c1-24(2,3)23-22(18-28(26-23)17-19-7-5-4-6-8-19)32(30,31)29-15-13-27(14-16-29)21-11-9-20(25)10-12-21/h4-12,18H,13-17H2,1-3H3. The lowest BCUT2D eigenvalue weighted by Crippen LogP contribution is -2.48. The molecule has 0 unspecified atom stereocenters. The van der Waals surface area contributed by atoms with Crippen LogP contribution in [0.3, 0.4) is 0 Å². The SMILES string of the molecule is CC(C)(C)c1nn(Cc2ccccc2)cc1S(=O)(=O)N1CCN(c2ccc(F)cc2)CC1. The lowest BCUT2D eigenvalue weighted by molar-refractivity contribution is 0.383. The van der Waals surface area contributed by atoms with Crippen LogP contribution in [0.1, 0.15) is 32.0 Å². The Balaban J connectivity index is 1.57. The fourth-order valence-electron chi connectivity index (χ4n) is 3.94. The van der Waals surface area contributed by atoms with E-state index in [1.807, 2.05) is 51.1 Å². The van der Waals surface area contributed by atoms with Crippen molar-refractivity contribution in [3.8, 4) is 0 Å². The first-order valence-corrected chi connectivity index (χ1v) is 12.2. The first kappa shape index (κ1) is 22.5. The highest BCUT2D eigenvalue weighted by molar-refractivity contribution is 7.89. The molecule has 8 heteroatoms. The molecule has 3 aromatic rings. The third kappa shape index (κ3) is 4.71. The molecular weight excluding hydrogens is 427 g/mol. The van der Waals surface area contributed by atoms with Gasteiger partial charge in [-0.1, -0.05) is 51.1 Å². The number of halogens is 1. The number of nitrogens with zero attached hydrogens (tertiary/aromatic N) is 4. The van der Waals surface area contributed by atoms with E-state index in [-0.39, 0.29) is 10.7 Å². The number of hydrogen-bond acceptors (Lipinski definition) is 4. The molecule has 0 radical (unpaired) electrons. The predicted octanol–water partition coefficient (Wildman–Crippen LogP) is 3.88. The van der Waals surface area contributed by atoms with Crippen LogP contribution < -0.4 is 4.90 Å². The van der Waals surface area contributed by atoms with Crippen LogP contribution in [-0.4, -0.2) is 48.7 Å². The van der Waals surface area contributed by atoms with E-state index in [1.54, 1.807) is 23.0 Å². The lowest BCUT2D eigenvalue weighted by Gasteiger charge is -2.35. The number of aromatic nitrogens is 2. The molecule has 0 spiro atoms. The Labute approximate surface area is 189 Å². The molecule has 170 valence electrons. The van der Waals surface area contributed by atoms with Gasteiger partial charge in [0.1, 0.15) is 10.7 Å². The number of sulfonamides is 1. The van der Waals surface area contributed by atoms with Gasteiger partial charge in [0.25, 0.3) is 0 Å². The normalized spacial score (nSPS) is 15.8. The molecule has 1 fully saturated rings. The molecule has 1 aliphatic rings. The highest BCUT2D eigenvalue weighted by atomic mass is 32.2. The van der Waals surface area contributed by atoms with Crippen molar-refractivity contribution in [3.05, 3.63) is 77.9 Å². The maximum atomic E-state index is 13.6. The zero-order valence-corrected chi connectivity index (χ0v) is 19.5. The Bertz CT molecular complexity index is 1160. The monoisotopic (exact) mass is 456 g/mol. The highest BCUT2D eigenvalue weighted by Gasteiger charge is 2.35. The number of hydrogen-bond donors (Lipinski definition) is 0. The van der Waals surface area contributed by atoms with Gasteiger partial charge in [-0.05, 0) is 29.8 Å². The van der Waals surface area contributed by atoms with Gasteiger partial charge in [-0.3, -0.25) is 4.68 Å². The van der Waals surface area contributed by atoms with Gasteiger partial charge in [-0.15, -0.1) is 0 Å². The van der Waals surface area contributed by atoms with Gasteiger partial charge in [0.2, 0.25) is 10.0 Å². The third-order valence-electron chi connectivity index (χ3n) is 5.67. The van der Waals surface area contributed by atoms with Gasteiger partial charge in [0, 0.05) is 43.5 Å². The molecule has 0 aliphatic carbocycles. The second-order valence-corrected chi connectivity index (χ2v) is 11.0. The molecule has 0 saturated carbocycles. The molecule has 0 bridgehead atoms. The number of benzene rings is 2. The lowest BCUT2D eigenvalue weighted by atomic mass is 9.92. The molecule has 4 rings (SSSR count). The van der Waals surface area contributed by atoms with Crippen LogP contribution in [0.15, 0.2) is 65.7 Å². The molecule has 6 nitrogen and oxygen atoms in total. The van der Waals surface area contributed by atoms with Gasteiger partial charge in [-0.2, -0.15) is 9.40 Å². The zero-order chi connectivity index (χ0) is 22.9. The van der Waals surface area contributed by atoms with Crippen molar-refractivity contribution in [2.45, 2.75) is 37.6 Å². The van der Waals surface area contributed by atoms with Crippen LogP contribution >= 0.6 is 0 Å². The average Bonchev–Trinajstić information content (AvgIpc) is 3.20. The molecule has 2 aromatic carbocycles. The summed E-state index contributed by atoms with van der Waals surface area (Å²) in [5, 5.41) is 4.67. The summed E-state index contributed by atoms with van der Waals surface area (Å²) in [6, 6.07) is 16.2. The third-order valence-corrected chi connectivity index (χ3v) is 7.57. The van der Waals surface area contributed by atoms with Gasteiger partial charge >= 0.3 is 0 Å². The minimum atomic E-state index is -3.70. The molecule has 2 heterocycles. The summed E-state index contributed by atoms with van der Waals surface area (Å²) in [4.78, 5) is 2.35. The predicted molar refractivity (Wildman–Crippen MR) is 124 cm³/mol. The topological polar surface area (TPSA) is 58.4 Å². The number of anilines is 1.